The molecule has 0 aromatic heterocycles. The first-order valence-electron chi connectivity index (χ1n) is 7.72. The number of para-hydroxylation sites is 3. The highest BCUT2D eigenvalue weighted by Crippen LogP contribution is 2.28. The topological polar surface area (TPSA) is 58.8 Å². The van der Waals surface area contributed by atoms with Crippen molar-refractivity contribution in [3.8, 4) is 5.75 Å². The standard InChI is InChI=1S/C18H21N3O2.ClH/c1-23-17-9-5-4-8-16(17)20-10-12-21(13-11-20)18(22)14-6-2-3-7-15(14)19;/h2-9H,10-13,19H2,1H3;1H. The molecule has 24 heavy (non-hydrogen) atoms. The summed E-state index contributed by atoms with van der Waals surface area (Å²) in [6.45, 7) is 2.90. The average Bonchev–Trinajstić information content (AvgIpc) is 2.61. The Balaban J connectivity index is 0.00000208. The van der Waals surface area contributed by atoms with Gasteiger partial charge in [-0.05, 0) is 24.3 Å². The first kappa shape index (κ1) is 17.9. The molecule has 0 unspecified atom stereocenters. The summed E-state index contributed by atoms with van der Waals surface area (Å²) in [7, 11) is 1.68. The second-order valence-electron chi connectivity index (χ2n) is 5.54. The number of hydrogen-bond donors (Lipinski definition) is 1. The summed E-state index contributed by atoms with van der Waals surface area (Å²) in [6.07, 6.45) is 0. The van der Waals surface area contributed by atoms with Crippen molar-refractivity contribution >= 4 is 29.7 Å². The minimum atomic E-state index is 0. The molecule has 1 aliphatic rings. The lowest BCUT2D eigenvalue weighted by molar-refractivity contribution is 0.0748. The van der Waals surface area contributed by atoms with E-state index in [9.17, 15) is 4.79 Å². The van der Waals surface area contributed by atoms with Crippen molar-refractivity contribution in [3.63, 3.8) is 0 Å². The van der Waals surface area contributed by atoms with Gasteiger partial charge in [-0.1, -0.05) is 24.3 Å². The summed E-state index contributed by atoms with van der Waals surface area (Å²) >= 11 is 0. The number of anilines is 2. The lowest BCUT2D eigenvalue weighted by Crippen LogP contribution is -2.49. The first-order valence-corrected chi connectivity index (χ1v) is 7.72. The van der Waals surface area contributed by atoms with Crippen LogP contribution < -0.4 is 15.4 Å². The fourth-order valence-electron chi connectivity index (χ4n) is 2.90. The highest BCUT2D eigenvalue weighted by Gasteiger charge is 2.24. The maximum atomic E-state index is 12.6. The van der Waals surface area contributed by atoms with Crippen molar-refractivity contribution in [2.24, 2.45) is 0 Å². The Morgan fingerprint density at radius 1 is 1.00 bits per heavy atom. The molecule has 1 saturated heterocycles. The molecule has 1 heterocycles. The van der Waals surface area contributed by atoms with E-state index in [1.54, 1.807) is 19.2 Å². The van der Waals surface area contributed by atoms with Crippen molar-refractivity contribution in [2.75, 3.05) is 43.9 Å². The van der Waals surface area contributed by atoms with Gasteiger partial charge in [0.25, 0.3) is 5.91 Å². The Kier molecular flexibility index (Phi) is 5.93. The van der Waals surface area contributed by atoms with Gasteiger partial charge in [0.1, 0.15) is 5.75 Å². The van der Waals surface area contributed by atoms with Crippen molar-refractivity contribution in [2.45, 2.75) is 0 Å². The molecule has 0 bridgehead atoms. The van der Waals surface area contributed by atoms with Crippen LogP contribution in [-0.4, -0.2) is 44.1 Å². The number of hydrogen-bond acceptors (Lipinski definition) is 4. The van der Waals surface area contributed by atoms with E-state index in [1.165, 1.54) is 0 Å². The fraction of sp³-hybridized carbons (Fsp3) is 0.278. The number of piperazine rings is 1. The zero-order valence-corrected chi connectivity index (χ0v) is 14.5. The maximum absolute atomic E-state index is 12.6. The van der Waals surface area contributed by atoms with Crippen molar-refractivity contribution < 1.29 is 9.53 Å². The summed E-state index contributed by atoms with van der Waals surface area (Å²) in [4.78, 5) is 16.7. The van der Waals surface area contributed by atoms with Crippen LogP contribution in [0.15, 0.2) is 48.5 Å². The second kappa shape index (κ2) is 7.93. The van der Waals surface area contributed by atoms with Gasteiger partial charge in [-0.25, -0.2) is 0 Å². The summed E-state index contributed by atoms with van der Waals surface area (Å²) in [5.41, 5.74) is 8.09. The third-order valence-electron chi connectivity index (χ3n) is 4.18. The quantitative estimate of drug-likeness (QED) is 0.867. The molecule has 6 heteroatoms. The second-order valence-corrected chi connectivity index (χ2v) is 5.54. The van der Waals surface area contributed by atoms with Crippen molar-refractivity contribution in [1.29, 1.82) is 0 Å². The SMILES string of the molecule is COc1ccccc1N1CCN(C(=O)c2ccccc2N)CC1.Cl. The van der Waals surface area contributed by atoms with E-state index in [4.69, 9.17) is 10.5 Å². The Labute approximate surface area is 148 Å². The molecule has 0 radical (unpaired) electrons. The monoisotopic (exact) mass is 347 g/mol. The summed E-state index contributed by atoms with van der Waals surface area (Å²) < 4.78 is 5.42. The van der Waals surface area contributed by atoms with Crippen LogP contribution in [0.4, 0.5) is 11.4 Å². The number of nitrogens with two attached hydrogens (primary N) is 1. The summed E-state index contributed by atoms with van der Waals surface area (Å²) in [5.74, 6) is 0.863. The zero-order valence-electron chi connectivity index (χ0n) is 13.6. The van der Waals surface area contributed by atoms with Crippen LogP contribution in [0.5, 0.6) is 5.75 Å². The van der Waals surface area contributed by atoms with Crippen molar-refractivity contribution in [3.05, 3.63) is 54.1 Å². The molecule has 0 spiro atoms. The molecule has 128 valence electrons. The van der Waals surface area contributed by atoms with Gasteiger partial charge in [-0.15, -0.1) is 12.4 Å². The van der Waals surface area contributed by atoms with Gasteiger partial charge in [-0.2, -0.15) is 0 Å². The fourth-order valence-corrected chi connectivity index (χ4v) is 2.90. The van der Waals surface area contributed by atoms with E-state index in [-0.39, 0.29) is 18.3 Å². The molecule has 1 amide bonds. The van der Waals surface area contributed by atoms with E-state index < -0.39 is 0 Å². The smallest absolute Gasteiger partial charge is 0.256 e. The molecule has 3 rings (SSSR count). The molecule has 2 N–H and O–H groups in total. The highest BCUT2D eigenvalue weighted by molar-refractivity contribution is 5.99. The molecule has 2 aromatic carbocycles. The predicted molar refractivity (Wildman–Crippen MR) is 99.2 cm³/mol. The molecular weight excluding hydrogens is 326 g/mol. The lowest BCUT2D eigenvalue weighted by Gasteiger charge is -2.36. The van der Waals surface area contributed by atoms with Gasteiger partial charge in [0.2, 0.25) is 0 Å². The van der Waals surface area contributed by atoms with Gasteiger partial charge >= 0.3 is 0 Å². The highest BCUT2D eigenvalue weighted by atomic mass is 35.5. The van der Waals surface area contributed by atoms with Gasteiger partial charge < -0.3 is 20.3 Å². The Bertz CT molecular complexity index is 700. The van der Waals surface area contributed by atoms with E-state index in [0.29, 0.717) is 24.3 Å². The number of rotatable bonds is 3. The third kappa shape index (κ3) is 3.57. The number of ether oxygens (including phenoxy) is 1. The zero-order chi connectivity index (χ0) is 16.2. The van der Waals surface area contributed by atoms with Crippen LogP contribution >= 0.6 is 12.4 Å². The molecule has 2 aromatic rings. The number of carbonyl (C=O) groups is 1. The summed E-state index contributed by atoms with van der Waals surface area (Å²) in [6, 6.07) is 15.2. The van der Waals surface area contributed by atoms with E-state index in [1.807, 2.05) is 41.3 Å². The number of methoxy groups -OCH3 is 1. The van der Waals surface area contributed by atoms with Crippen molar-refractivity contribution in [1.82, 2.24) is 4.90 Å². The van der Waals surface area contributed by atoms with E-state index >= 15 is 0 Å². The first-order chi connectivity index (χ1) is 11.2. The number of halogens is 1. The number of nitrogens with zero attached hydrogens (tertiary/aromatic N) is 2. The Hall–Kier alpha value is -2.40. The molecule has 1 fully saturated rings. The molecule has 1 aliphatic heterocycles. The van der Waals surface area contributed by atoms with Crippen LogP contribution in [0, 0.1) is 0 Å². The van der Waals surface area contributed by atoms with E-state index in [2.05, 4.69) is 4.90 Å². The molecule has 0 atom stereocenters. The van der Waals surface area contributed by atoms with Gasteiger partial charge in [-0.3, -0.25) is 4.79 Å². The third-order valence-corrected chi connectivity index (χ3v) is 4.18. The van der Waals surface area contributed by atoms with Crippen LogP contribution in [0.1, 0.15) is 10.4 Å². The van der Waals surface area contributed by atoms with Crippen LogP contribution in [-0.2, 0) is 0 Å². The number of nitrogen functional groups attached to an aromatic ring is 1. The maximum Gasteiger partial charge on any atom is 0.256 e. The minimum absolute atomic E-state index is 0. The average molecular weight is 348 g/mol. The number of carbonyl (C=O) groups excluding carboxylic acids is 1. The lowest BCUT2D eigenvalue weighted by atomic mass is 10.1. The molecule has 5 nitrogen and oxygen atoms in total. The van der Waals surface area contributed by atoms with Crippen LogP contribution in [0.25, 0.3) is 0 Å². The normalized spacial score (nSPS) is 14.0. The Morgan fingerprint density at radius 2 is 1.62 bits per heavy atom. The van der Waals surface area contributed by atoms with Gasteiger partial charge in [0, 0.05) is 31.9 Å². The van der Waals surface area contributed by atoms with Crippen LogP contribution in [0.2, 0.25) is 0 Å². The molecule has 0 saturated carbocycles. The largest absolute Gasteiger partial charge is 0.495 e. The summed E-state index contributed by atoms with van der Waals surface area (Å²) in [5, 5.41) is 0. The number of benzene rings is 2. The predicted octanol–water partition coefficient (Wildman–Crippen LogP) is 2.66. The van der Waals surface area contributed by atoms with Gasteiger partial charge in [0.05, 0.1) is 18.4 Å². The van der Waals surface area contributed by atoms with Crippen LogP contribution in [0.3, 0.4) is 0 Å². The molecular formula is C18H22ClN3O2. The molecule has 0 aliphatic carbocycles. The number of amides is 1. The van der Waals surface area contributed by atoms with E-state index in [0.717, 1.165) is 24.5 Å². The van der Waals surface area contributed by atoms with Gasteiger partial charge in [0.15, 0.2) is 0 Å². The Morgan fingerprint density at radius 3 is 2.29 bits per heavy atom. The minimum Gasteiger partial charge on any atom is -0.495 e.